The lowest BCUT2D eigenvalue weighted by molar-refractivity contribution is 0.414. The Kier molecular flexibility index (Phi) is 7.23. The molecule has 4 aromatic carbocycles. The van der Waals surface area contributed by atoms with E-state index in [4.69, 9.17) is 9.47 Å². The van der Waals surface area contributed by atoms with Gasteiger partial charge in [-0.3, -0.25) is 0 Å². The van der Waals surface area contributed by atoms with Gasteiger partial charge in [-0.15, -0.1) is 0 Å². The molecule has 174 valence electrons. The normalized spacial score (nSPS) is 10.7. The van der Waals surface area contributed by atoms with Crippen LogP contribution in [-0.4, -0.2) is 22.4 Å². The Morgan fingerprint density at radius 3 is 1.59 bits per heavy atom. The number of hydrogen-bond donors (Lipinski definition) is 3. The minimum atomic E-state index is 0.0289. The van der Waals surface area contributed by atoms with Crippen LogP contribution >= 0.6 is 0 Å². The van der Waals surface area contributed by atoms with Gasteiger partial charge in [-0.1, -0.05) is 24.3 Å². The lowest BCUT2D eigenvalue weighted by atomic mass is 10.0. The fraction of sp³-hybridized carbons (Fsp3) is 0.172. The molecule has 0 heterocycles. The van der Waals surface area contributed by atoms with Crippen molar-refractivity contribution in [2.24, 2.45) is 0 Å². The van der Waals surface area contributed by atoms with E-state index in [-0.39, 0.29) is 17.2 Å². The highest BCUT2D eigenvalue weighted by Gasteiger charge is 2.07. The molecule has 5 nitrogen and oxygen atoms in total. The molecular formula is C29H28O5. The molecule has 0 bridgehead atoms. The standard InChI is InChI=1S/C29H28O5/c1-33-27-6-2-4-20(15-27)8-9-21-5-3-7-28(16-21)34-29-17-23(14-26(32)19-29)11-10-22-12-24(30)18-25(31)13-22/h2-7,12-19,30-32H,8-11H2,1H3. The van der Waals surface area contributed by atoms with Gasteiger partial charge in [-0.05, 0) is 96.5 Å². The van der Waals surface area contributed by atoms with Gasteiger partial charge in [0.2, 0.25) is 0 Å². The number of ether oxygens (including phenoxy) is 2. The monoisotopic (exact) mass is 456 g/mol. The molecule has 0 atom stereocenters. The van der Waals surface area contributed by atoms with Crippen LogP contribution in [0.25, 0.3) is 0 Å². The summed E-state index contributed by atoms with van der Waals surface area (Å²) in [5, 5.41) is 29.5. The molecule has 4 aromatic rings. The number of phenols is 3. The zero-order chi connectivity index (χ0) is 23.9. The summed E-state index contributed by atoms with van der Waals surface area (Å²) in [6, 6.07) is 25.8. The molecule has 5 heteroatoms. The Hall–Kier alpha value is -4.12. The summed E-state index contributed by atoms with van der Waals surface area (Å²) in [6.45, 7) is 0. The van der Waals surface area contributed by atoms with Crippen LogP contribution in [0.15, 0.2) is 84.9 Å². The van der Waals surface area contributed by atoms with Crippen LogP contribution in [0.1, 0.15) is 22.3 Å². The summed E-state index contributed by atoms with van der Waals surface area (Å²) < 4.78 is 11.4. The van der Waals surface area contributed by atoms with Crippen LogP contribution in [0.3, 0.4) is 0 Å². The van der Waals surface area contributed by atoms with Crippen molar-refractivity contribution >= 4 is 0 Å². The summed E-state index contributed by atoms with van der Waals surface area (Å²) in [7, 11) is 1.67. The highest BCUT2D eigenvalue weighted by atomic mass is 16.5. The van der Waals surface area contributed by atoms with Crippen LogP contribution < -0.4 is 9.47 Å². The maximum absolute atomic E-state index is 10.2. The van der Waals surface area contributed by atoms with E-state index in [1.165, 1.54) is 11.6 Å². The first-order valence-electron chi connectivity index (χ1n) is 11.2. The predicted molar refractivity (Wildman–Crippen MR) is 132 cm³/mol. The predicted octanol–water partition coefficient (Wildman–Crippen LogP) is 6.17. The molecule has 0 aromatic heterocycles. The highest BCUT2D eigenvalue weighted by molar-refractivity contribution is 5.42. The number of methoxy groups -OCH3 is 1. The van der Waals surface area contributed by atoms with E-state index >= 15 is 0 Å². The van der Waals surface area contributed by atoms with Gasteiger partial charge in [0, 0.05) is 12.1 Å². The van der Waals surface area contributed by atoms with Crippen molar-refractivity contribution in [1.82, 2.24) is 0 Å². The van der Waals surface area contributed by atoms with Crippen molar-refractivity contribution in [2.45, 2.75) is 25.7 Å². The summed E-state index contributed by atoms with van der Waals surface area (Å²) in [4.78, 5) is 0. The van der Waals surface area contributed by atoms with Crippen molar-refractivity contribution < 1.29 is 24.8 Å². The fourth-order valence-electron chi connectivity index (χ4n) is 3.95. The average Bonchev–Trinajstić information content (AvgIpc) is 2.81. The zero-order valence-electron chi connectivity index (χ0n) is 19.1. The molecule has 0 aliphatic heterocycles. The van der Waals surface area contributed by atoms with E-state index in [9.17, 15) is 15.3 Å². The van der Waals surface area contributed by atoms with Crippen molar-refractivity contribution in [3.05, 3.63) is 107 Å². The average molecular weight is 457 g/mol. The summed E-state index contributed by atoms with van der Waals surface area (Å²) in [5.74, 6) is 2.30. The number of phenolic OH excluding ortho intramolecular Hbond substituents is 3. The van der Waals surface area contributed by atoms with Gasteiger partial charge in [0.15, 0.2) is 0 Å². The third-order valence-electron chi connectivity index (χ3n) is 5.59. The van der Waals surface area contributed by atoms with E-state index in [0.29, 0.717) is 24.3 Å². The highest BCUT2D eigenvalue weighted by Crippen LogP contribution is 2.29. The Bertz CT molecular complexity index is 1240. The van der Waals surface area contributed by atoms with Crippen molar-refractivity contribution in [1.29, 1.82) is 0 Å². The smallest absolute Gasteiger partial charge is 0.131 e. The number of aryl methyl sites for hydroxylation is 4. The van der Waals surface area contributed by atoms with Gasteiger partial charge in [0.25, 0.3) is 0 Å². The van der Waals surface area contributed by atoms with E-state index in [1.807, 2.05) is 42.5 Å². The Morgan fingerprint density at radius 1 is 0.500 bits per heavy atom. The molecule has 4 rings (SSSR count). The molecule has 0 aliphatic rings. The largest absolute Gasteiger partial charge is 0.508 e. The zero-order valence-corrected chi connectivity index (χ0v) is 19.1. The SMILES string of the molecule is COc1cccc(CCc2cccc(Oc3cc(O)cc(CCc4cc(O)cc(O)c4)c3)c2)c1. The second kappa shape index (κ2) is 10.7. The van der Waals surface area contributed by atoms with E-state index in [0.717, 1.165) is 35.3 Å². The van der Waals surface area contributed by atoms with Crippen LogP contribution in [0.4, 0.5) is 0 Å². The molecule has 0 saturated heterocycles. The van der Waals surface area contributed by atoms with Crippen molar-refractivity contribution in [2.75, 3.05) is 7.11 Å². The molecule has 0 aliphatic carbocycles. The molecule has 0 spiro atoms. The minimum Gasteiger partial charge on any atom is -0.508 e. The molecule has 0 amide bonds. The minimum absolute atomic E-state index is 0.0289. The van der Waals surface area contributed by atoms with Gasteiger partial charge < -0.3 is 24.8 Å². The second-order valence-corrected chi connectivity index (χ2v) is 8.29. The molecule has 34 heavy (non-hydrogen) atoms. The Morgan fingerprint density at radius 2 is 0.971 bits per heavy atom. The second-order valence-electron chi connectivity index (χ2n) is 8.29. The Labute approximate surface area is 199 Å². The molecule has 0 radical (unpaired) electrons. The number of aromatic hydroxyl groups is 3. The van der Waals surface area contributed by atoms with E-state index < -0.39 is 0 Å². The van der Waals surface area contributed by atoms with Crippen LogP contribution in [-0.2, 0) is 25.7 Å². The van der Waals surface area contributed by atoms with Crippen LogP contribution in [0, 0.1) is 0 Å². The third kappa shape index (κ3) is 6.45. The lowest BCUT2D eigenvalue weighted by Gasteiger charge is -2.11. The van der Waals surface area contributed by atoms with Gasteiger partial charge >= 0.3 is 0 Å². The maximum Gasteiger partial charge on any atom is 0.131 e. The van der Waals surface area contributed by atoms with Crippen LogP contribution in [0.2, 0.25) is 0 Å². The van der Waals surface area contributed by atoms with Crippen molar-refractivity contribution in [3.8, 4) is 34.5 Å². The molecule has 0 fully saturated rings. The maximum atomic E-state index is 10.2. The molecule has 0 unspecified atom stereocenters. The molecule has 3 N–H and O–H groups in total. The Balaban J connectivity index is 1.41. The molecule has 0 saturated carbocycles. The van der Waals surface area contributed by atoms with E-state index in [1.54, 1.807) is 31.4 Å². The number of hydrogen-bond acceptors (Lipinski definition) is 5. The number of benzene rings is 4. The first-order chi connectivity index (χ1) is 16.5. The number of rotatable bonds is 9. The van der Waals surface area contributed by atoms with Crippen LogP contribution in [0.5, 0.6) is 34.5 Å². The van der Waals surface area contributed by atoms with Gasteiger partial charge in [-0.25, -0.2) is 0 Å². The van der Waals surface area contributed by atoms with Gasteiger partial charge in [0.05, 0.1) is 7.11 Å². The summed E-state index contributed by atoms with van der Waals surface area (Å²) in [5.41, 5.74) is 4.08. The topological polar surface area (TPSA) is 79.2 Å². The lowest BCUT2D eigenvalue weighted by Crippen LogP contribution is -1.94. The first-order valence-corrected chi connectivity index (χ1v) is 11.2. The van der Waals surface area contributed by atoms with Crippen molar-refractivity contribution in [3.63, 3.8) is 0 Å². The quantitative estimate of drug-likeness (QED) is 0.280. The van der Waals surface area contributed by atoms with E-state index in [2.05, 4.69) is 12.1 Å². The third-order valence-corrected chi connectivity index (χ3v) is 5.59. The summed E-state index contributed by atoms with van der Waals surface area (Å²) >= 11 is 0. The molecular weight excluding hydrogens is 428 g/mol. The first kappa shape index (κ1) is 23.1. The van der Waals surface area contributed by atoms with Gasteiger partial charge in [0.1, 0.15) is 34.5 Å². The fourth-order valence-corrected chi connectivity index (χ4v) is 3.95. The van der Waals surface area contributed by atoms with Gasteiger partial charge in [-0.2, -0.15) is 0 Å². The summed E-state index contributed by atoms with van der Waals surface area (Å²) in [6.07, 6.45) is 2.98.